The number of alkyl carbamates (subject to hydrolysis) is 2. The van der Waals surface area contributed by atoms with Crippen molar-refractivity contribution in [2.24, 2.45) is 0 Å². The van der Waals surface area contributed by atoms with Gasteiger partial charge in [-0.2, -0.15) is 0 Å². The van der Waals surface area contributed by atoms with Gasteiger partial charge >= 0.3 is 25.3 Å². The van der Waals surface area contributed by atoms with E-state index in [1.165, 1.54) is 0 Å². The number of rotatable bonds is 14. The fraction of sp³-hybridized carbons (Fsp3) is 0.371. The van der Waals surface area contributed by atoms with Crippen molar-refractivity contribution in [1.82, 2.24) is 16.0 Å². The minimum Gasteiger partial charge on any atom is -0.479 e. The number of amides is 3. The molecule has 0 bridgehead atoms. The first-order valence-corrected chi connectivity index (χ1v) is 18.2. The summed E-state index contributed by atoms with van der Waals surface area (Å²) in [5.41, 5.74) is 4.68. The summed E-state index contributed by atoms with van der Waals surface area (Å²) >= 11 is 4.70. The van der Waals surface area contributed by atoms with Crippen LogP contribution < -0.4 is 21.4 Å². The molecule has 0 radical (unpaired) electrons. The Kier molecular flexibility index (Phi) is 11.9. The Labute approximate surface area is 297 Å². The SMILES string of the molecule is CC1(C)OB(c2ccc(COC(=O)NC(P=S)C(=O)O)cc2)OC1(C)CCCNC(=O)CNC(=O)OCC1c2ccccc2-c2ccccc21. The van der Waals surface area contributed by atoms with E-state index < -0.39 is 42.3 Å². The molecule has 3 amide bonds. The number of hydrogen-bond donors (Lipinski definition) is 4. The van der Waals surface area contributed by atoms with Crippen molar-refractivity contribution in [2.45, 2.75) is 63.1 Å². The van der Waals surface area contributed by atoms with E-state index in [0.717, 1.165) is 27.7 Å². The average molecular weight is 720 g/mol. The van der Waals surface area contributed by atoms with Crippen LogP contribution in [0.5, 0.6) is 0 Å². The second-order valence-corrected chi connectivity index (χ2v) is 14.1. The highest BCUT2D eigenvalue weighted by Gasteiger charge is 2.54. The van der Waals surface area contributed by atoms with Crippen LogP contribution in [0.1, 0.15) is 56.2 Å². The summed E-state index contributed by atoms with van der Waals surface area (Å²) in [6.45, 7) is 6.17. The van der Waals surface area contributed by atoms with E-state index in [0.29, 0.717) is 24.9 Å². The van der Waals surface area contributed by atoms with Gasteiger partial charge in [-0.05, 0) is 66.9 Å². The molecule has 3 aromatic carbocycles. The van der Waals surface area contributed by atoms with E-state index in [1.807, 2.05) is 69.3 Å². The summed E-state index contributed by atoms with van der Waals surface area (Å²) in [5.74, 6) is -2.84. The summed E-state index contributed by atoms with van der Waals surface area (Å²) in [4.78, 5) is 47.9. The fourth-order valence-electron chi connectivity index (χ4n) is 6.01. The topological polar surface area (TPSA) is 162 Å². The maximum Gasteiger partial charge on any atom is 0.494 e. The molecule has 0 saturated carbocycles. The van der Waals surface area contributed by atoms with Gasteiger partial charge < -0.3 is 34.5 Å². The first-order chi connectivity index (χ1) is 23.9. The fourth-order valence-corrected chi connectivity index (χ4v) is 6.69. The molecular formula is C35H39BN3O9PS. The second-order valence-electron chi connectivity index (χ2n) is 12.7. The van der Waals surface area contributed by atoms with Crippen LogP contribution in [0.2, 0.25) is 0 Å². The first kappa shape index (κ1) is 36.9. The predicted octanol–water partition coefficient (Wildman–Crippen LogP) is 4.45. The highest BCUT2D eigenvalue weighted by atomic mass is 32.4. The van der Waals surface area contributed by atoms with Crippen LogP contribution in [0.15, 0.2) is 72.8 Å². The number of aliphatic carboxylic acids is 1. The van der Waals surface area contributed by atoms with Crippen LogP contribution in [-0.2, 0) is 46.8 Å². The molecule has 0 aromatic heterocycles. The van der Waals surface area contributed by atoms with E-state index in [9.17, 15) is 19.2 Å². The average Bonchev–Trinajstić information content (AvgIpc) is 3.55. The molecule has 0 spiro atoms. The number of nitrogens with one attached hydrogen (secondary N) is 3. The Bertz CT molecular complexity index is 1700. The van der Waals surface area contributed by atoms with E-state index >= 15 is 0 Å². The van der Waals surface area contributed by atoms with Gasteiger partial charge in [-0.25, -0.2) is 14.4 Å². The van der Waals surface area contributed by atoms with Crippen molar-refractivity contribution in [3.8, 4) is 11.1 Å². The van der Waals surface area contributed by atoms with Gasteiger partial charge in [-0.1, -0.05) is 84.6 Å². The van der Waals surface area contributed by atoms with Crippen LogP contribution >= 0.6 is 7.36 Å². The minimum atomic E-state index is -1.24. The first-order valence-electron chi connectivity index (χ1n) is 16.2. The molecule has 2 unspecified atom stereocenters. The Morgan fingerprint density at radius 3 is 2.16 bits per heavy atom. The van der Waals surface area contributed by atoms with Crippen LogP contribution in [-0.4, -0.2) is 73.0 Å². The molecule has 1 heterocycles. The largest absolute Gasteiger partial charge is 0.494 e. The molecule has 12 nitrogen and oxygen atoms in total. The molecule has 262 valence electrons. The van der Waals surface area contributed by atoms with Gasteiger partial charge in [-0.15, -0.1) is 0 Å². The van der Waals surface area contributed by atoms with E-state index in [2.05, 4.69) is 28.1 Å². The third kappa shape index (κ3) is 8.68. The lowest BCUT2D eigenvalue weighted by atomic mass is 9.79. The number of carboxylic acids is 1. The number of benzene rings is 3. The van der Waals surface area contributed by atoms with Gasteiger partial charge in [0.25, 0.3) is 0 Å². The van der Waals surface area contributed by atoms with E-state index in [-0.39, 0.29) is 38.9 Å². The standard InChI is InChI=1S/C35H39BN3O9PS/c1-34(2)35(3,48-36(47-34)23-15-13-22(14-16-23)20-45-33(44)39-30(49-50)31(41)42)17-8-18-37-29(40)19-38-32(43)46-21-28-26-11-6-4-9-24(26)25-10-5-7-12-27(25)28/h4-7,9-16,28,30H,8,17-21H2,1-3H3,(H,37,40)(H,38,43)(H,39,44)(H,41,42). The molecular weight excluding hydrogens is 680 g/mol. The summed E-state index contributed by atoms with van der Waals surface area (Å²) in [5, 5.41) is 16.6. The normalized spacial score (nSPS) is 18.1. The Morgan fingerprint density at radius 2 is 1.54 bits per heavy atom. The zero-order chi connectivity index (χ0) is 35.9. The highest BCUT2D eigenvalue weighted by Crippen LogP contribution is 2.44. The maximum absolute atomic E-state index is 12.5. The minimum absolute atomic E-state index is 0.0602. The van der Waals surface area contributed by atoms with Crippen LogP contribution in [0.25, 0.3) is 11.1 Å². The predicted molar refractivity (Wildman–Crippen MR) is 191 cm³/mol. The van der Waals surface area contributed by atoms with Crippen molar-refractivity contribution in [1.29, 1.82) is 0 Å². The number of ether oxygens (including phenoxy) is 2. The molecule has 1 fully saturated rings. The molecule has 50 heavy (non-hydrogen) atoms. The summed E-state index contributed by atoms with van der Waals surface area (Å²) in [6, 6.07) is 23.3. The van der Waals surface area contributed by atoms with Gasteiger partial charge in [0, 0.05) is 19.8 Å². The number of fused-ring (bicyclic) bond motifs is 3. The zero-order valence-electron chi connectivity index (χ0n) is 28.0. The van der Waals surface area contributed by atoms with Crippen LogP contribution in [0.4, 0.5) is 9.59 Å². The van der Waals surface area contributed by atoms with Gasteiger partial charge in [0.15, 0.2) is 5.78 Å². The highest BCUT2D eigenvalue weighted by molar-refractivity contribution is 7.97. The van der Waals surface area contributed by atoms with Gasteiger partial charge in [0.05, 0.1) is 17.7 Å². The number of carboxylic acid groups (broad SMARTS) is 1. The molecule has 3 aromatic rings. The molecule has 5 rings (SSSR count). The lowest BCUT2D eigenvalue weighted by Crippen LogP contribution is -2.45. The van der Waals surface area contributed by atoms with Crippen LogP contribution in [0.3, 0.4) is 0 Å². The molecule has 15 heteroatoms. The summed E-state index contributed by atoms with van der Waals surface area (Å²) < 4.78 is 23.3. The van der Waals surface area contributed by atoms with Gasteiger partial charge in [0.1, 0.15) is 13.2 Å². The van der Waals surface area contributed by atoms with Crippen molar-refractivity contribution in [2.75, 3.05) is 19.7 Å². The summed E-state index contributed by atoms with van der Waals surface area (Å²) in [7, 11) is -0.560. The van der Waals surface area contributed by atoms with Gasteiger partial charge in [-0.3, -0.25) is 10.1 Å². The molecule has 4 N–H and O–H groups in total. The number of carbonyl (C=O) groups is 4. The molecule has 1 aliphatic carbocycles. The monoisotopic (exact) mass is 719 g/mol. The Balaban J connectivity index is 1.01. The van der Waals surface area contributed by atoms with Crippen molar-refractivity contribution >= 4 is 55.8 Å². The maximum atomic E-state index is 12.5. The quantitative estimate of drug-likeness (QED) is 0.107. The second kappa shape index (κ2) is 16.1. The smallest absolute Gasteiger partial charge is 0.479 e. The Hall–Kier alpha value is -4.36. The third-order valence-corrected chi connectivity index (χ3v) is 10.3. The van der Waals surface area contributed by atoms with E-state index in [4.69, 9.17) is 35.7 Å². The molecule has 1 saturated heterocycles. The van der Waals surface area contributed by atoms with Crippen molar-refractivity contribution < 1.29 is 43.1 Å². The van der Waals surface area contributed by atoms with Gasteiger partial charge in [0.2, 0.25) is 5.91 Å². The Morgan fingerprint density at radius 1 is 0.900 bits per heavy atom. The molecule has 2 aliphatic rings. The van der Waals surface area contributed by atoms with Crippen molar-refractivity contribution in [3.63, 3.8) is 0 Å². The van der Waals surface area contributed by atoms with Crippen LogP contribution in [0, 0.1) is 0 Å². The molecule has 1 aliphatic heterocycles. The molecule has 2 atom stereocenters. The number of carbonyl (C=O) groups excluding carboxylic acids is 3. The third-order valence-electron chi connectivity index (χ3n) is 9.15. The zero-order valence-corrected chi connectivity index (χ0v) is 29.7. The van der Waals surface area contributed by atoms with Crippen molar-refractivity contribution in [3.05, 3.63) is 89.5 Å². The lowest BCUT2D eigenvalue weighted by molar-refractivity contribution is -0.137. The van der Waals surface area contributed by atoms with E-state index in [1.54, 1.807) is 12.1 Å². The number of hydrogen-bond acceptors (Lipinski definition) is 9. The summed E-state index contributed by atoms with van der Waals surface area (Å²) in [6.07, 6.45) is -0.319. The lowest BCUT2D eigenvalue weighted by Gasteiger charge is -2.36.